The topological polar surface area (TPSA) is 122 Å². The molecule has 0 bridgehead atoms. The van der Waals surface area contributed by atoms with Crippen molar-refractivity contribution in [3.8, 4) is 5.75 Å². The van der Waals surface area contributed by atoms with Crippen LogP contribution < -0.4 is 15.0 Å². The molecule has 35 heavy (non-hydrogen) atoms. The summed E-state index contributed by atoms with van der Waals surface area (Å²) in [6.07, 6.45) is 5.67. The van der Waals surface area contributed by atoms with E-state index in [0.717, 1.165) is 31.2 Å². The summed E-state index contributed by atoms with van der Waals surface area (Å²) in [7, 11) is 0. The molecule has 1 fully saturated rings. The Kier molecular flexibility index (Phi) is 7.97. The second-order valence-electron chi connectivity index (χ2n) is 9.26. The molecule has 2 atom stereocenters. The lowest BCUT2D eigenvalue weighted by Gasteiger charge is -2.28. The van der Waals surface area contributed by atoms with Crippen molar-refractivity contribution in [2.75, 3.05) is 18.1 Å². The Morgan fingerprint density at radius 2 is 1.86 bits per heavy atom. The number of anilines is 1. The van der Waals surface area contributed by atoms with Gasteiger partial charge in [-0.3, -0.25) is 19.7 Å². The third kappa shape index (κ3) is 5.97. The summed E-state index contributed by atoms with van der Waals surface area (Å²) in [4.78, 5) is 37.6. The van der Waals surface area contributed by atoms with Crippen LogP contribution in [0.2, 0.25) is 0 Å². The lowest BCUT2D eigenvalue weighted by molar-refractivity contribution is -0.384. The van der Waals surface area contributed by atoms with Gasteiger partial charge >= 0.3 is 5.97 Å². The first kappa shape index (κ1) is 24.7. The maximum absolute atomic E-state index is 13.6. The summed E-state index contributed by atoms with van der Waals surface area (Å²) in [6, 6.07) is 12.8. The van der Waals surface area contributed by atoms with Crippen molar-refractivity contribution < 1.29 is 24.4 Å². The first-order valence-electron chi connectivity index (χ1n) is 12.2. The van der Waals surface area contributed by atoms with Gasteiger partial charge in [0.05, 0.1) is 23.1 Å². The van der Waals surface area contributed by atoms with Gasteiger partial charge in [-0.05, 0) is 49.4 Å². The molecule has 2 aliphatic rings. The van der Waals surface area contributed by atoms with Crippen molar-refractivity contribution in [2.45, 2.75) is 51.1 Å². The summed E-state index contributed by atoms with van der Waals surface area (Å²) in [5, 5.41) is 24.0. The molecule has 1 saturated carbocycles. The molecule has 0 radical (unpaired) electrons. The highest BCUT2D eigenvalue weighted by Gasteiger charge is 2.33. The minimum Gasteiger partial charge on any atom is -0.489 e. The van der Waals surface area contributed by atoms with Gasteiger partial charge in [0.15, 0.2) is 0 Å². The molecule has 2 aromatic carbocycles. The van der Waals surface area contributed by atoms with E-state index in [1.54, 1.807) is 23.1 Å². The molecule has 2 aromatic rings. The molecule has 1 aliphatic carbocycles. The van der Waals surface area contributed by atoms with E-state index < -0.39 is 22.9 Å². The first-order chi connectivity index (χ1) is 16.9. The SMILES string of the molecule is O=C(O)[C@@H](CCN[C@H]1COc2ccccc2N(Cc2ccc([N+](=O)[O-])cc2)C1=O)C1CCCCC1. The number of hydrogen-bond acceptors (Lipinski definition) is 6. The number of benzene rings is 2. The number of nitro groups is 1. The zero-order valence-electron chi connectivity index (χ0n) is 19.6. The van der Waals surface area contributed by atoms with Crippen molar-refractivity contribution >= 4 is 23.3 Å². The monoisotopic (exact) mass is 481 g/mol. The zero-order valence-corrected chi connectivity index (χ0v) is 19.6. The summed E-state index contributed by atoms with van der Waals surface area (Å²) in [5.74, 6) is -0.602. The summed E-state index contributed by atoms with van der Waals surface area (Å²) >= 11 is 0. The van der Waals surface area contributed by atoms with Gasteiger partial charge in [-0.1, -0.05) is 43.5 Å². The standard InChI is InChI=1S/C26H31N3O6/c30-25-22(27-15-14-21(26(31)32)19-6-2-1-3-7-19)17-35-24-9-5-4-8-23(24)28(25)16-18-10-12-20(13-11-18)29(33)34/h4-5,8-13,19,21-22,27H,1-3,6-7,14-17H2,(H,31,32)/t21-,22-/m0/s1. The highest BCUT2D eigenvalue weighted by Crippen LogP contribution is 2.33. The van der Waals surface area contributed by atoms with E-state index in [9.17, 15) is 24.8 Å². The van der Waals surface area contributed by atoms with Gasteiger partial charge in [-0.25, -0.2) is 0 Å². The minimum atomic E-state index is -0.769. The molecule has 0 aromatic heterocycles. The first-order valence-corrected chi connectivity index (χ1v) is 12.2. The quantitative estimate of drug-likeness (QED) is 0.407. The van der Waals surface area contributed by atoms with Crippen LogP contribution in [0, 0.1) is 22.0 Å². The van der Waals surface area contributed by atoms with Crippen molar-refractivity contribution in [3.63, 3.8) is 0 Å². The van der Waals surface area contributed by atoms with E-state index >= 15 is 0 Å². The van der Waals surface area contributed by atoms with Crippen molar-refractivity contribution in [3.05, 3.63) is 64.2 Å². The molecule has 4 rings (SSSR count). The molecule has 1 amide bonds. The molecule has 0 spiro atoms. The van der Waals surface area contributed by atoms with E-state index in [1.165, 1.54) is 18.6 Å². The fourth-order valence-corrected chi connectivity index (χ4v) is 5.08. The van der Waals surface area contributed by atoms with Crippen molar-refractivity contribution in [1.82, 2.24) is 5.32 Å². The average molecular weight is 482 g/mol. The number of carbonyl (C=O) groups is 2. The zero-order chi connectivity index (χ0) is 24.8. The largest absolute Gasteiger partial charge is 0.489 e. The molecule has 9 nitrogen and oxygen atoms in total. The van der Waals surface area contributed by atoms with Crippen LogP contribution in [0.15, 0.2) is 48.5 Å². The Hall–Kier alpha value is -3.46. The smallest absolute Gasteiger partial charge is 0.306 e. The molecular weight excluding hydrogens is 450 g/mol. The predicted molar refractivity (Wildman–Crippen MR) is 130 cm³/mol. The van der Waals surface area contributed by atoms with E-state index in [4.69, 9.17) is 4.74 Å². The van der Waals surface area contributed by atoms with Crippen molar-refractivity contribution in [2.24, 2.45) is 11.8 Å². The van der Waals surface area contributed by atoms with Gasteiger partial charge in [0, 0.05) is 12.1 Å². The number of ether oxygens (including phenoxy) is 1. The lowest BCUT2D eigenvalue weighted by Crippen LogP contribution is -2.49. The molecule has 9 heteroatoms. The van der Waals surface area contributed by atoms with Crippen LogP contribution in [0.25, 0.3) is 0 Å². The van der Waals surface area contributed by atoms with E-state index in [-0.39, 0.29) is 30.7 Å². The fourth-order valence-electron chi connectivity index (χ4n) is 5.08. The van der Waals surface area contributed by atoms with Crippen LogP contribution in [-0.4, -0.2) is 41.1 Å². The number of fused-ring (bicyclic) bond motifs is 1. The van der Waals surface area contributed by atoms with Crippen LogP contribution in [0.1, 0.15) is 44.1 Å². The summed E-state index contributed by atoms with van der Waals surface area (Å²) < 4.78 is 5.94. The number of carboxylic acid groups (broad SMARTS) is 1. The van der Waals surface area contributed by atoms with E-state index in [0.29, 0.717) is 24.4 Å². The molecule has 1 aliphatic heterocycles. The second-order valence-corrected chi connectivity index (χ2v) is 9.26. The number of aliphatic carboxylic acids is 1. The highest BCUT2D eigenvalue weighted by molar-refractivity contribution is 5.99. The molecular formula is C26H31N3O6. The van der Waals surface area contributed by atoms with E-state index in [2.05, 4.69) is 5.32 Å². The Morgan fingerprint density at radius 1 is 1.14 bits per heavy atom. The molecule has 0 saturated heterocycles. The Balaban J connectivity index is 1.46. The third-order valence-electron chi connectivity index (χ3n) is 7.00. The van der Waals surface area contributed by atoms with Gasteiger partial charge in [0.25, 0.3) is 5.69 Å². The Bertz CT molecular complexity index is 1050. The maximum atomic E-state index is 13.6. The normalized spacial score (nSPS) is 19.4. The van der Waals surface area contributed by atoms with Crippen LogP contribution in [0.3, 0.4) is 0 Å². The molecule has 2 N–H and O–H groups in total. The van der Waals surface area contributed by atoms with Crippen molar-refractivity contribution in [1.29, 1.82) is 0 Å². The van der Waals surface area contributed by atoms with Gasteiger partial charge in [-0.15, -0.1) is 0 Å². The van der Waals surface area contributed by atoms with Crippen LogP contribution in [0.5, 0.6) is 5.75 Å². The van der Waals surface area contributed by atoms with Crippen LogP contribution in [0.4, 0.5) is 11.4 Å². The van der Waals surface area contributed by atoms with E-state index in [1.807, 2.05) is 18.2 Å². The Labute approximate surface area is 204 Å². The minimum absolute atomic E-state index is 0.00910. The second kappa shape index (κ2) is 11.3. The summed E-state index contributed by atoms with van der Waals surface area (Å²) in [5.41, 5.74) is 1.37. The molecule has 0 unspecified atom stereocenters. The Morgan fingerprint density at radius 3 is 2.54 bits per heavy atom. The fraction of sp³-hybridized carbons (Fsp3) is 0.462. The number of nitrogens with one attached hydrogen (secondary N) is 1. The van der Waals surface area contributed by atoms with Gasteiger partial charge in [-0.2, -0.15) is 0 Å². The number of non-ortho nitro benzene ring substituents is 1. The lowest BCUT2D eigenvalue weighted by atomic mass is 9.78. The van der Waals surface area contributed by atoms with Crippen LogP contribution in [-0.2, 0) is 16.1 Å². The number of hydrogen-bond donors (Lipinski definition) is 2. The van der Waals surface area contributed by atoms with Gasteiger partial charge in [0.1, 0.15) is 18.4 Å². The number of nitro benzene ring substituents is 1. The van der Waals surface area contributed by atoms with Gasteiger partial charge < -0.3 is 20.1 Å². The predicted octanol–water partition coefficient (Wildman–Crippen LogP) is 4.15. The third-order valence-corrected chi connectivity index (χ3v) is 7.00. The number of carbonyl (C=O) groups excluding carboxylic acids is 1. The highest BCUT2D eigenvalue weighted by atomic mass is 16.6. The van der Waals surface area contributed by atoms with Crippen LogP contribution >= 0.6 is 0 Å². The average Bonchev–Trinajstić information content (AvgIpc) is 2.99. The number of rotatable bonds is 9. The number of nitrogens with zero attached hydrogens (tertiary/aromatic N) is 2. The number of amides is 1. The van der Waals surface area contributed by atoms with Gasteiger partial charge in [0.2, 0.25) is 5.91 Å². The number of para-hydroxylation sites is 2. The number of carboxylic acids is 1. The molecule has 186 valence electrons. The molecule has 1 heterocycles. The maximum Gasteiger partial charge on any atom is 0.306 e. The summed E-state index contributed by atoms with van der Waals surface area (Å²) in [6.45, 7) is 0.762.